The molecule has 0 aliphatic rings. The minimum Gasteiger partial charge on any atom is -0.494 e. The lowest BCUT2D eigenvalue weighted by atomic mass is 9.90. The number of aliphatic hydroxyl groups excluding tert-OH is 1. The molecule has 0 saturated carbocycles. The van der Waals surface area contributed by atoms with Gasteiger partial charge in [-0.3, -0.25) is 4.79 Å². The number of halogens is 1. The van der Waals surface area contributed by atoms with E-state index in [4.69, 9.17) is 32.4 Å². The smallest absolute Gasteiger partial charge is 0.298 e. The normalized spacial score (nSPS) is 11.7. The van der Waals surface area contributed by atoms with Crippen molar-refractivity contribution in [2.45, 2.75) is 79.6 Å². The fourth-order valence-corrected chi connectivity index (χ4v) is 4.23. The van der Waals surface area contributed by atoms with Crippen molar-refractivity contribution in [3.8, 4) is 11.5 Å². The van der Waals surface area contributed by atoms with Crippen molar-refractivity contribution in [2.24, 2.45) is 11.8 Å². The number of rotatable bonds is 14. The van der Waals surface area contributed by atoms with Crippen LogP contribution in [0.25, 0.3) is 5.57 Å². The van der Waals surface area contributed by atoms with Gasteiger partial charge in [-0.15, -0.1) is 0 Å². The first-order valence-electron chi connectivity index (χ1n) is 15.3. The lowest BCUT2D eigenvalue weighted by molar-refractivity contribution is -0.120. The summed E-state index contributed by atoms with van der Waals surface area (Å²) in [5.74, 6) is 5.87. The molecule has 44 heavy (non-hydrogen) atoms. The highest BCUT2D eigenvalue weighted by atomic mass is 35.5. The molecule has 0 aromatic heterocycles. The van der Waals surface area contributed by atoms with Gasteiger partial charge in [-0.05, 0) is 98.0 Å². The van der Waals surface area contributed by atoms with Gasteiger partial charge in [0.15, 0.2) is 0 Å². The number of aryl methyl sites for hydroxylation is 1. The zero-order chi connectivity index (χ0) is 33.3. The standard InChI is InChI=1S/C26H36ClNO2.C8H8O2.C2H6.H3NO/c1-4-19(2)7-8-22(25-18-23(27)11-14-26(25)28)17-20(3)21-9-12-24(13-10-21)30-16-6-5-15-29;1-7-2-4-8(5-3-7)10-6-9;2*1-2/h9-14,17-20,29H,4-8,15-16,28H2,1-3H3;2-6H,1H3;1-2H3;2H,1H2/b22-17+;;;. The summed E-state index contributed by atoms with van der Waals surface area (Å²) in [6.07, 6.45) is 7.23. The van der Waals surface area contributed by atoms with Crippen molar-refractivity contribution in [3.63, 3.8) is 0 Å². The molecule has 0 aliphatic carbocycles. The molecule has 0 heterocycles. The minimum absolute atomic E-state index is 0.211. The quantitative estimate of drug-likeness (QED) is 0.0607. The summed E-state index contributed by atoms with van der Waals surface area (Å²) in [4.78, 5) is 9.84. The van der Waals surface area contributed by atoms with Crippen molar-refractivity contribution in [1.29, 1.82) is 0 Å². The van der Waals surface area contributed by atoms with E-state index in [0.717, 1.165) is 48.2 Å². The maximum atomic E-state index is 9.84. The van der Waals surface area contributed by atoms with Crippen LogP contribution in [-0.4, -0.2) is 30.0 Å². The molecule has 0 fully saturated rings. The number of unbranched alkanes of at least 4 members (excludes halogenated alkanes) is 1. The van der Waals surface area contributed by atoms with E-state index in [1.807, 2.05) is 63.2 Å². The van der Waals surface area contributed by atoms with Gasteiger partial charge in [0, 0.05) is 22.9 Å². The molecule has 3 aromatic carbocycles. The second-order valence-electron chi connectivity index (χ2n) is 10.1. The molecule has 2 unspecified atom stereocenters. The monoisotopic (exact) mass is 628 g/mol. The fraction of sp³-hybridized carbons (Fsp3) is 0.417. The first-order chi connectivity index (χ1) is 21.3. The number of allylic oxidation sites excluding steroid dienone is 2. The predicted octanol–water partition coefficient (Wildman–Crippen LogP) is 8.98. The van der Waals surface area contributed by atoms with Crippen LogP contribution in [0, 0.1) is 12.8 Å². The summed E-state index contributed by atoms with van der Waals surface area (Å²) in [5.41, 5.74) is 11.8. The van der Waals surface area contributed by atoms with E-state index in [9.17, 15) is 4.79 Å². The second kappa shape index (κ2) is 25.0. The molecule has 2 atom stereocenters. The molecule has 0 aliphatic heterocycles. The molecule has 3 rings (SSSR count). The maximum absolute atomic E-state index is 9.84. The van der Waals surface area contributed by atoms with E-state index in [2.05, 4.69) is 49.6 Å². The zero-order valence-corrected chi connectivity index (χ0v) is 28.0. The molecule has 6 N–H and O–H groups in total. The SMILES string of the molecule is CC.CCC(C)CC/C(=C\C(C)c1ccc(OCCCCO)cc1)c1cc(Cl)ccc1N.Cc1ccc(OC=O)cc1.NO. The molecule has 0 saturated heterocycles. The third-order valence-corrected chi connectivity index (χ3v) is 7.08. The number of ether oxygens (including phenoxy) is 2. The van der Waals surface area contributed by atoms with Crippen LogP contribution in [0.5, 0.6) is 11.5 Å². The summed E-state index contributed by atoms with van der Waals surface area (Å²) < 4.78 is 10.3. The summed E-state index contributed by atoms with van der Waals surface area (Å²) in [6, 6.07) is 21.3. The molecule has 8 heteroatoms. The molecule has 0 radical (unpaired) electrons. The van der Waals surface area contributed by atoms with E-state index < -0.39 is 0 Å². The maximum Gasteiger partial charge on any atom is 0.298 e. The number of carbonyl (C=O) groups is 1. The van der Waals surface area contributed by atoms with Crippen molar-refractivity contribution >= 4 is 29.3 Å². The number of nitrogens with two attached hydrogens (primary N) is 2. The van der Waals surface area contributed by atoms with Gasteiger partial charge < -0.3 is 25.5 Å². The van der Waals surface area contributed by atoms with E-state index in [-0.39, 0.29) is 12.5 Å². The third-order valence-electron chi connectivity index (χ3n) is 6.85. The van der Waals surface area contributed by atoms with Crippen molar-refractivity contribution in [3.05, 3.63) is 94.5 Å². The fourth-order valence-electron chi connectivity index (χ4n) is 4.06. The van der Waals surface area contributed by atoms with Crippen molar-refractivity contribution < 1.29 is 24.6 Å². The topological polar surface area (TPSA) is 128 Å². The van der Waals surface area contributed by atoms with Crippen LogP contribution in [0.3, 0.4) is 0 Å². The molecule has 0 amide bonds. The van der Waals surface area contributed by atoms with E-state index >= 15 is 0 Å². The van der Waals surface area contributed by atoms with Crippen molar-refractivity contribution in [1.82, 2.24) is 0 Å². The van der Waals surface area contributed by atoms with E-state index in [1.165, 1.54) is 17.6 Å². The third kappa shape index (κ3) is 16.5. The Bertz CT molecular complexity index is 1180. The lowest BCUT2D eigenvalue weighted by Crippen LogP contribution is -2.00. The Morgan fingerprint density at radius 2 is 1.57 bits per heavy atom. The summed E-state index contributed by atoms with van der Waals surface area (Å²) in [7, 11) is 0. The molecule has 0 spiro atoms. The van der Waals surface area contributed by atoms with Crippen LogP contribution in [0.15, 0.2) is 72.8 Å². The Labute approximate surface area is 269 Å². The number of benzene rings is 3. The average molecular weight is 629 g/mol. The van der Waals surface area contributed by atoms with Gasteiger partial charge in [0.25, 0.3) is 6.47 Å². The van der Waals surface area contributed by atoms with Gasteiger partial charge in [0.2, 0.25) is 0 Å². The van der Waals surface area contributed by atoms with Crippen LogP contribution < -0.4 is 21.1 Å². The van der Waals surface area contributed by atoms with Crippen LogP contribution in [-0.2, 0) is 4.79 Å². The number of aliphatic hydroxyl groups is 1. The summed E-state index contributed by atoms with van der Waals surface area (Å²) in [5, 5.41) is 16.1. The molecule has 0 bridgehead atoms. The lowest BCUT2D eigenvalue weighted by Gasteiger charge is -2.17. The largest absolute Gasteiger partial charge is 0.494 e. The van der Waals surface area contributed by atoms with Gasteiger partial charge in [-0.1, -0.05) is 88.5 Å². The number of nitrogen functional groups attached to an aromatic ring is 1. The average Bonchev–Trinajstić information content (AvgIpc) is 3.06. The first-order valence-corrected chi connectivity index (χ1v) is 15.7. The van der Waals surface area contributed by atoms with Crippen LogP contribution >= 0.6 is 11.6 Å². The second-order valence-corrected chi connectivity index (χ2v) is 10.6. The molecule has 7 nitrogen and oxygen atoms in total. The van der Waals surface area contributed by atoms with Gasteiger partial charge in [0.1, 0.15) is 11.5 Å². The highest BCUT2D eigenvalue weighted by Gasteiger charge is 2.12. The Morgan fingerprint density at radius 3 is 2.14 bits per heavy atom. The first kappa shape index (κ1) is 40.6. The number of hydrogen-bond donors (Lipinski definition) is 4. The Kier molecular flexibility index (Phi) is 23.1. The molecule has 3 aromatic rings. The van der Waals surface area contributed by atoms with Gasteiger partial charge >= 0.3 is 0 Å². The molecular formula is C36H53ClN2O5. The van der Waals surface area contributed by atoms with Gasteiger partial charge in [-0.2, -0.15) is 0 Å². The van der Waals surface area contributed by atoms with Crippen LogP contribution in [0.1, 0.15) is 89.3 Å². The van der Waals surface area contributed by atoms with Crippen LogP contribution in [0.4, 0.5) is 5.69 Å². The minimum atomic E-state index is 0.211. The zero-order valence-electron chi connectivity index (χ0n) is 27.3. The van der Waals surface area contributed by atoms with Gasteiger partial charge in [-0.25, -0.2) is 5.90 Å². The van der Waals surface area contributed by atoms with Gasteiger partial charge in [0.05, 0.1) is 6.61 Å². The Balaban J connectivity index is 0.00000110. The van der Waals surface area contributed by atoms with E-state index in [1.54, 1.807) is 12.1 Å². The molecule has 244 valence electrons. The van der Waals surface area contributed by atoms with Crippen molar-refractivity contribution in [2.75, 3.05) is 18.9 Å². The highest BCUT2D eigenvalue weighted by molar-refractivity contribution is 6.30. The summed E-state index contributed by atoms with van der Waals surface area (Å²) >= 11 is 6.27. The number of carbonyl (C=O) groups excluding carboxylic acids is 1. The Hall–Kier alpha value is -3.36. The summed E-state index contributed by atoms with van der Waals surface area (Å²) in [6.45, 7) is 14.0. The highest BCUT2D eigenvalue weighted by Crippen LogP contribution is 2.33. The van der Waals surface area contributed by atoms with E-state index in [0.29, 0.717) is 29.8 Å². The number of hydrogen-bond acceptors (Lipinski definition) is 7. The predicted molar refractivity (Wildman–Crippen MR) is 184 cm³/mol. The number of anilines is 1. The Morgan fingerprint density at radius 1 is 0.955 bits per heavy atom. The van der Waals surface area contributed by atoms with Crippen LogP contribution in [0.2, 0.25) is 5.02 Å². The molecular weight excluding hydrogens is 576 g/mol.